The van der Waals surface area contributed by atoms with Crippen molar-refractivity contribution < 1.29 is 19.2 Å². The Morgan fingerprint density at radius 3 is 2.92 bits per heavy atom. The molecular weight excluding hydrogens is 324 g/mol. The molecule has 1 aromatic carbocycles. The Morgan fingerprint density at radius 2 is 2.16 bits per heavy atom. The van der Waals surface area contributed by atoms with Crippen LogP contribution in [0.1, 0.15) is 21.8 Å². The van der Waals surface area contributed by atoms with E-state index in [1.807, 2.05) is 37.3 Å². The van der Waals surface area contributed by atoms with Crippen LogP contribution in [0.2, 0.25) is 0 Å². The van der Waals surface area contributed by atoms with E-state index in [1.54, 1.807) is 0 Å². The van der Waals surface area contributed by atoms with Gasteiger partial charge in [-0.2, -0.15) is 0 Å². The van der Waals surface area contributed by atoms with Crippen molar-refractivity contribution >= 4 is 5.91 Å². The third-order valence-electron chi connectivity index (χ3n) is 3.59. The first-order valence-corrected chi connectivity index (χ1v) is 7.77. The molecule has 8 heteroatoms. The molecule has 0 radical (unpaired) electrons. The van der Waals surface area contributed by atoms with Gasteiger partial charge in [-0.05, 0) is 6.92 Å². The molecule has 3 aromatic rings. The number of amides is 1. The number of hydrogen-bond acceptors (Lipinski definition) is 6. The zero-order valence-electron chi connectivity index (χ0n) is 13.7. The molecule has 1 amide bonds. The fraction of sp³-hybridized carbons (Fsp3) is 0.235. The first-order valence-electron chi connectivity index (χ1n) is 7.77. The summed E-state index contributed by atoms with van der Waals surface area (Å²) in [7, 11) is 0. The number of aromatic amines is 1. The molecule has 0 fully saturated rings. The molecule has 130 valence electrons. The topological polar surface area (TPSA) is 113 Å². The molecule has 2 heterocycles. The van der Waals surface area contributed by atoms with E-state index in [-0.39, 0.29) is 37.2 Å². The summed E-state index contributed by atoms with van der Waals surface area (Å²) >= 11 is 0. The molecule has 0 aliphatic carbocycles. The summed E-state index contributed by atoms with van der Waals surface area (Å²) in [5, 5.41) is 21.9. The van der Waals surface area contributed by atoms with Crippen LogP contribution in [0.4, 0.5) is 0 Å². The Labute approximate surface area is 143 Å². The number of nitrogens with one attached hydrogen (secondary N) is 2. The number of H-pyrrole nitrogens is 1. The smallest absolute Gasteiger partial charge is 0.269 e. The van der Waals surface area contributed by atoms with E-state index < -0.39 is 0 Å². The standard InChI is InChI=1S/C17H18N4O4/c1-11-13(16(21-25-11)12-5-3-2-4-6-12)10-24-15-9-14(19-20-15)17(23)18-7-8-22/h2-6,9,22H,7-8,10H2,1H3,(H,18,23)(H,19,20). The fourth-order valence-corrected chi connectivity index (χ4v) is 2.29. The number of rotatable bonds is 7. The average molecular weight is 342 g/mol. The molecule has 25 heavy (non-hydrogen) atoms. The van der Waals surface area contributed by atoms with Gasteiger partial charge < -0.3 is 19.7 Å². The summed E-state index contributed by atoms with van der Waals surface area (Å²) in [5.74, 6) is 0.589. The Kier molecular flexibility index (Phi) is 5.10. The highest BCUT2D eigenvalue weighted by Gasteiger charge is 2.16. The van der Waals surface area contributed by atoms with Gasteiger partial charge in [0.05, 0.1) is 12.2 Å². The lowest BCUT2D eigenvalue weighted by atomic mass is 10.1. The van der Waals surface area contributed by atoms with E-state index >= 15 is 0 Å². The molecule has 0 atom stereocenters. The number of aryl methyl sites for hydroxylation is 1. The number of aliphatic hydroxyl groups excluding tert-OH is 1. The van der Waals surface area contributed by atoms with Crippen molar-refractivity contribution in [1.29, 1.82) is 0 Å². The number of nitrogens with zero attached hydrogens (tertiary/aromatic N) is 2. The lowest BCUT2D eigenvalue weighted by Gasteiger charge is -2.03. The van der Waals surface area contributed by atoms with Gasteiger partial charge in [0.2, 0.25) is 5.88 Å². The highest BCUT2D eigenvalue weighted by Crippen LogP contribution is 2.26. The molecule has 0 aliphatic heterocycles. The van der Waals surface area contributed by atoms with Gasteiger partial charge in [0, 0.05) is 18.2 Å². The maximum Gasteiger partial charge on any atom is 0.269 e. The first-order chi connectivity index (χ1) is 12.2. The third-order valence-corrected chi connectivity index (χ3v) is 3.59. The Bertz CT molecular complexity index is 841. The maximum atomic E-state index is 11.8. The van der Waals surface area contributed by atoms with E-state index in [9.17, 15) is 4.79 Å². The van der Waals surface area contributed by atoms with E-state index in [4.69, 9.17) is 14.4 Å². The molecule has 2 aromatic heterocycles. The van der Waals surface area contributed by atoms with Gasteiger partial charge in [0.1, 0.15) is 23.8 Å². The highest BCUT2D eigenvalue weighted by atomic mass is 16.5. The van der Waals surface area contributed by atoms with Crippen LogP contribution in [0.25, 0.3) is 11.3 Å². The highest BCUT2D eigenvalue weighted by molar-refractivity contribution is 5.92. The first kappa shape index (κ1) is 16.7. The number of carbonyl (C=O) groups is 1. The zero-order chi connectivity index (χ0) is 17.6. The van der Waals surface area contributed by atoms with Crippen LogP contribution >= 0.6 is 0 Å². The number of benzene rings is 1. The molecule has 3 rings (SSSR count). The van der Waals surface area contributed by atoms with E-state index in [0.29, 0.717) is 5.76 Å². The van der Waals surface area contributed by atoms with Crippen molar-refractivity contribution in [2.75, 3.05) is 13.2 Å². The minimum absolute atomic E-state index is 0.127. The summed E-state index contributed by atoms with van der Waals surface area (Å²) in [6, 6.07) is 11.2. The fourth-order valence-electron chi connectivity index (χ4n) is 2.29. The minimum Gasteiger partial charge on any atom is -0.472 e. The average Bonchev–Trinajstić information content (AvgIpc) is 3.25. The molecule has 0 bridgehead atoms. The molecule has 3 N–H and O–H groups in total. The number of carbonyl (C=O) groups excluding carboxylic acids is 1. The molecule has 0 saturated heterocycles. The SMILES string of the molecule is Cc1onc(-c2ccccc2)c1COc1cc(C(=O)NCCO)[nH]n1. The van der Waals surface area contributed by atoms with Gasteiger partial charge in [0.25, 0.3) is 5.91 Å². The van der Waals surface area contributed by atoms with E-state index in [1.165, 1.54) is 6.07 Å². The monoisotopic (exact) mass is 342 g/mol. The van der Waals surface area contributed by atoms with Crippen molar-refractivity contribution in [2.45, 2.75) is 13.5 Å². The number of aliphatic hydroxyl groups is 1. The molecular formula is C17H18N4O4. The summed E-state index contributed by atoms with van der Waals surface area (Å²) in [6.07, 6.45) is 0. The van der Waals surface area contributed by atoms with Crippen LogP contribution < -0.4 is 10.1 Å². The van der Waals surface area contributed by atoms with E-state index in [2.05, 4.69) is 20.7 Å². The van der Waals surface area contributed by atoms with Gasteiger partial charge in [-0.25, -0.2) is 0 Å². The Hall–Kier alpha value is -3.13. The predicted octanol–water partition coefficient (Wildman–Crippen LogP) is 1.67. The Morgan fingerprint density at radius 1 is 1.36 bits per heavy atom. The van der Waals surface area contributed by atoms with E-state index in [0.717, 1.165) is 16.8 Å². The van der Waals surface area contributed by atoms with Gasteiger partial charge in [-0.1, -0.05) is 35.5 Å². The van der Waals surface area contributed by atoms with Crippen LogP contribution in [0.15, 0.2) is 40.9 Å². The molecule has 0 spiro atoms. The molecule has 0 saturated carbocycles. The van der Waals surface area contributed by atoms with Crippen molar-refractivity contribution in [1.82, 2.24) is 20.7 Å². The van der Waals surface area contributed by atoms with Crippen LogP contribution in [-0.4, -0.2) is 39.5 Å². The number of ether oxygens (including phenoxy) is 1. The van der Waals surface area contributed by atoms with Gasteiger partial charge >= 0.3 is 0 Å². The number of aromatic nitrogens is 3. The molecule has 0 aliphatic rings. The third kappa shape index (κ3) is 3.86. The normalized spacial score (nSPS) is 10.6. The van der Waals surface area contributed by atoms with Gasteiger partial charge in [-0.15, -0.1) is 5.10 Å². The quantitative estimate of drug-likeness (QED) is 0.602. The predicted molar refractivity (Wildman–Crippen MR) is 89.0 cm³/mol. The minimum atomic E-state index is -0.359. The van der Waals surface area contributed by atoms with Gasteiger partial charge in [-0.3, -0.25) is 9.89 Å². The molecule has 8 nitrogen and oxygen atoms in total. The van der Waals surface area contributed by atoms with Crippen LogP contribution in [-0.2, 0) is 6.61 Å². The zero-order valence-corrected chi connectivity index (χ0v) is 13.7. The number of hydrogen-bond donors (Lipinski definition) is 3. The summed E-state index contributed by atoms with van der Waals surface area (Å²) < 4.78 is 10.9. The van der Waals surface area contributed by atoms with Crippen molar-refractivity contribution in [3.63, 3.8) is 0 Å². The maximum absolute atomic E-state index is 11.8. The van der Waals surface area contributed by atoms with Crippen molar-refractivity contribution in [2.24, 2.45) is 0 Å². The van der Waals surface area contributed by atoms with Crippen LogP contribution in [0.5, 0.6) is 5.88 Å². The summed E-state index contributed by atoms with van der Waals surface area (Å²) in [5.41, 5.74) is 2.73. The Balaban J connectivity index is 1.70. The van der Waals surface area contributed by atoms with Crippen LogP contribution in [0.3, 0.4) is 0 Å². The second-order valence-electron chi connectivity index (χ2n) is 5.32. The lowest BCUT2D eigenvalue weighted by Crippen LogP contribution is -2.26. The van der Waals surface area contributed by atoms with Crippen molar-refractivity contribution in [3.05, 3.63) is 53.4 Å². The lowest BCUT2D eigenvalue weighted by molar-refractivity contribution is 0.0939. The summed E-state index contributed by atoms with van der Waals surface area (Å²) in [6.45, 7) is 2.07. The van der Waals surface area contributed by atoms with Crippen LogP contribution in [0, 0.1) is 6.92 Å². The van der Waals surface area contributed by atoms with Gasteiger partial charge in [0.15, 0.2) is 0 Å². The second-order valence-corrected chi connectivity index (χ2v) is 5.32. The molecule has 0 unspecified atom stereocenters. The largest absolute Gasteiger partial charge is 0.472 e. The second kappa shape index (κ2) is 7.63. The van der Waals surface area contributed by atoms with Crippen molar-refractivity contribution in [3.8, 4) is 17.1 Å². The summed E-state index contributed by atoms with van der Waals surface area (Å²) in [4.78, 5) is 11.8.